The van der Waals surface area contributed by atoms with E-state index in [0.29, 0.717) is 11.8 Å². The van der Waals surface area contributed by atoms with Crippen LogP contribution in [0.3, 0.4) is 0 Å². The van der Waals surface area contributed by atoms with Crippen LogP contribution in [0, 0.1) is 0 Å². The number of aromatic hydroxyl groups is 1. The molecule has 3 nitrogen and oxygen atoms in total. The number of aryl methyl sites for hydroxylation is 1. The standard InChI is InChI=1S/C18H26N2O/c1-5-11-20(13(3)4)12-10-14-15(6-2)19-16-8-7-9-17(21)18(14)16/h5,7-9,13,19,21H,1,6,10-12H2,2-4H3. The summed E-state index contributed by atoms with van der Waals surface area (Å²) < 4.78 is 0. The lowest BCUT2D eigenvalue weighted by atomic mass is 10.0. The molecular formula is C18H26N2O. The van der Waals surface area contributed by atoms with Crippen LogP contribution in [0.1, 0.15) is 32.0 Å². The molecular weight excluding hydrogens is 260 g/mol. The molecule has 0 amide bonds. The highest BCUT2D eigenvalue weighted by atomic mass is 16.3. The number of rotatable bonds is 7. The highest BCUT2D eigenvalue weighted by Crippen LogP contribution is 2.31. The minimum Gasteiger partial charge on any atom is -0.507 e. The molecule has 114 valence electrons. The van der Waals surface area contributed by atoms with Crippen LogP contribution in [0.15, 0.2) is 30.9 Å². The third-order valence-corrected chi connectivity index (χ3v) is 4.09. The van der Waals surface area contributed by atoms with Gasteiger partial charge in [-0.1, -0.05) is 19.1 Å². The Bertz CT molecular complexity index is 613. The largest absolute Gasteiger partial charge is 0.507 e. The predicted molar refractivity (Wildman–Crippen MR) is 90.0 cm³/mol. The summed E-state index contributed by atoms with van der Waals surface area (Å²) in [5.74, 6) is 0.373. The first-order valence-corrected chi connectivity index (χ1v) is 7.74. The minimum absolute atomic E-state index is 0.373. The fraction of sp³-hybridized carbons (Fsp3) is 0.444. The molecule has 21 heavy (non-hydrogen) atoms. The van der Waals surface area contributed by atoms with Gasteiger partial charge in [-0.3, -0.25) is 4.90 Å². The first kappa shape index (κ1) is 15.6. The van der Waals surface area contributed by atoms with Crippen LogP contribution in [0.4, 0.5) is 0 Å². The van der Waals surface area contributed by atoms with Crippen LogP contribution in [-0.2, 0) is 12.8 Å². The van der Waals surface area contributed by atoms with Gasteiger partial charge in [0.1, 0.15) is 5.75 Å². The Labute approximate surface area is 127 Å². The lowest BCUT2D eigenvalue weighted by Gasteiger charge is -2.25. The number of nitrogens with one attached hydrogen (secondary N) is 1. The van der Waals surface area contributed by atoms with Crippen molar-refractivity contribution in [1.82, 2.24) is 9.88 Å². The molecule has 0 fully saturated rings. The zero-order valence-corrected chi connectivity index (χ0v) is 13.3. The number of H-pyrrole nitrogens is 1. The van der Waals surface area contributed by atoms with Crippen molar-refractivity contribution in [2.45, 2.75) is 39.7 Å². The summed E-state index contributed by atoms with van der Waals surface area (Å²) in [4.78, 5) is 5.84. The van der Waals surface area contributed by atoms with Crippen LogP contribution in [0.5, 0.6) is 5.75 Å². The van der Waals surface area contributed by atoms with Gasteiger partial charge in [-0.2, -0.15) is 0 Å². The monoisotopic (exact) mass is 286 g/mol. The smallest absolute Gasteiger partial charge is 0.125 e. The fourth-order valence-corrected chi connectivity index (χ4v) is 2.91. The third-order valence-electron chi connectivity index (χ3n) is 4.09. The molecule has 2 rings (SSSR count). The van der Waals surface area contributed by atoms with Crippen molar-refractivity contribution in [1.29, 1.82) is 0 Å². The summed E-state index contributed by atoms with van der Waals surface area (Å²) in [6, 6.07) is 6.17. The molecule has 3 heteroatoms. The summed E-state index contributed by atoms with van der Waals surface area (Å²) in [6.45, 7) is 12.3. The molecule has 0 aliphatic carbocycles. The number of aromatic amines is 1. The van der Waals surface area contributed by atoms with Crippen molar-refractivity contribution >= 4 is 10.9 Å². The lowest BCUT2D eigenvalue weighted by molar-refractivity contribution is 0.249. The number of nitrogens with zero attached hydrogens (tertiary/aromatic N) is 1. The van der Waals surface area contributed by atoms with E-state index in [2.05, 4.69) is 37.2 Å². The Balaban J connectivity index is 2.30. The highest BCUT2D eigenvalue weighted by Gasteiger charge is 2.15. The van der Waals surface area contributed by atoms with Crippen molar-refractivity contribution < 1.29 is 5.11 Å². The van der Waals surface area contributed by atoms with E-state index in [4.69, 9.17) is 0 Å². The quantitative estimate of drug-likeness (QED) is 0.758. The number of hydrogen-bond acceptors (Lipinski definition) is 2. The number of aromatic nitrogens is 1. The molecule has 1 aromatic heterocycles. The van der Waals surface area contributed by atoms with E-state index in [1.807, 2.05) is 18.2 Å². The molecule has 0 saturated heterocycles. The van der Waals surface area contributed by atoms with Crippen molar-refractivity contribution in [2.24, 2.45) is 0 Å². The number of benzene rings is 1. The van der Waals surface area contributed by atoms with Gasteiger partial charge in [-0.15, -0.1) is 6.58 Å². The molecule has 2 aromatic rings. The maximum atomic E-state index is 10.2. The Hall–Kier alpha value is -1.74. The number of phenolic OH excluding ortho intramolecular Hbond substituents is 1. The van der Waals surface area contributed by atoms with Crippen molar-refractivity contribution in [3.05, 3.63) is 42.1 Å². The molecule has 0 saturated carbocycles. The minimum atomic E-state index is 0.373. The van der Waals surface area contributed by atoms with Crippen LogP contribution in [-0.4, -0.2) is 34.1 Å². The number of fused-ring (bicyclic) bond motifs is 1. The second-order valence-electron chi connectivity index (χ2n) is 5.76. The molecule has 0 radical (unpaired) electrons. The Morgan fingerprint density at radius 1 is 1.38 bits per heavy atom. The van der Waals surface area contributed by atoms with Gasteiger partial charge in [0.25, 0.3) is 0 Å². The van der Waals surface area contributed by atoms with E-state index < -0.39 is 0 Å². The normalized spacial score (nSPS) is 11.7. The Kier molecular flexibility index (Phi) is 5.07. The first-order valence-electron chi connectivity index (χ1n) is 7.74. The van der Waals surface area contributed by atoms with Gasteiger partial charge >= 0.3 is 0 Å². The summed E-state index contributed by atoms with van der Waals surface area (Å²) in [5, 5.41) is 11.2. The van der Waals surface area contributed by atoms with Gasteiger partial charge in [0, 0.05) is 35.7 Å². The maximum absolute atomic E-state index is 10.2. The zero-order valence-electron chi connectivity index (χ0n) is 13.3. The second-order valence-corrected chi connectivity index (χ2v) is 5.76. The fourth-order valence-electron chi connectivity index (χ4n) is 2.91. The van der Waals surface area contributed by atoms with Crippen LogP contribution >= 0.6 is 0 Å². The van der Waals surface area contributed by atoms with Crippen LogP contribution < -0.4 is 0 Å². The molecule has 0 aliphatic heterocycles. The van der Waals surface area contributed by atoms with Crippen molar-refractivity contribution in [2.75, 3.05) is 13.1 Å². The Morgan fingerprint density at radius 3 is 2.76 bits per heavy atom. The topological polar surface area (TPSA) is 39.3 Å². The summed E-state index contributed by atoms with van der Waals surface area (Å²) in [6.07, 6.45) is 3.84. The van der Waals surface area contributed by atoms with Gasteiger partial charge in [-0.05, 0) is 44.4 Å². The van der Waals surface area contributed by atoms with Gasteiger partial charge < -0.3 is 10.1 Å². The molecule has 0 atom stereocenters. The molecule has 0 bridgehead atoms. The summed E-state index contributed by atoms with van der Waals surface area (Å²) in [7, 11) is 0. The SMILES string of the molecule is C=CCN(CCc1c(CC)[nH]c2cccc(O)c12)C(C)C. The molecule has 0 aliphatic rings. The average molecular weight is 286 g/mol. The van der Waals surface area contributed by atoms with E-state index in [9.17, 15) is 5.11 Å². The molecule has 0 unspecified atom stereocenters. The van der Waals surface area contributed by atoms with E-state index >= 15 is 0 Å². The van der Waals surface area contributed by atoms with Crippen LogP contribution in [0.2, 0.25) is 0 Å². The van der Waals surface area contributed by atoms with Gasteiger partial charge in [0.2, 0.25) is 0 Å². The van der Waals surface area contributed by atoms with E-state index in [-0.39, 0.29) is 0 Å². The number of phenols is 1. The maximum Gasteiger partial charge on any atom is 0.125 e. The second kappa shape index (κ2) is 6.81. The average Bonchev–Trinajstić information content (AvgIpc) is 2.82. The van der Waals surface area contributed by atoms with Crippen molar-refractivity contribution in [3.8, 4) is 5.75 Å². The van der Waals surface area contributed by atoms with E-state index in [1.165, 1.54) is 11.3 Å². The third kappa shape index (κ3) is 3.30. The van der Waals surface area contributed by atoms with E-state index in [1.54, 1.807) is 6.07 Å². The summed E-state index contributed by atoms with van der Waals surface area (Å²) in [5.41, 5.74) is 3.51. The van der Waals surface area contributed by atoms with Gasteiger partial charge in [0.15, 0.2) is 0 Å². The van der Waals surface area contributed by atoms with E-state index in [0.717, 1.165) is 36.8 Å². The lowest BCUT2D eigenvalue weighted by Crippen LogP contribution is -2.33. The Morgan fingerprint density at radius 2 is 2.14 bits per heavy atom. The molecule has 1 heterocycles. The highest BCUT2D eigenvalue weighted by molar-refractivity contribution is 5.90. The molecule has 1 aromatic carbocycles. The van der Waals surface area contributed by atoms with Crippen LogP contribution in [0.25, 0.3) is 10.9 Å². The molecule has 0 spiro atoms. The zero-order chi connectivity index (χ0) is 15.4. The van der Waals surface area contributed by atoms with Crippen molar-refractivity contribution in [3.63, 3.8) is 0 Å². The first-order chi connectivity index (χ1) is 10.1. The van der Waals surface area contributed by atoms with Gasteiger partial charge in [0.05, 0.1) is 0 Å². The van der Waals surface area contributed by atoms with Gasteiger partial charge in [-0.25, -0.2) is 0 Å². The number of hydrogen-bond donors (Lipinski definition) is 2. The summed E-state index contributed by atoms with van der Waals surface area (Å²) >= 11 is 0. The molecule has 2 N–H and O–H groups in total. The predicted octanol–water partition coefficient (Wildman–Crippen LogP) is 3.87.